The highest BCUT2D eigenvalue weighted by Crippen LogP contribution is 2.27. The van der Waals surface area contributed by atoms with Gasteiger partial charge < -0.3 is 24.3 Å². The molecule has 2 aromatic carbocycles. The van der Waals surface area contributed by atoms with E-state index in [0.29, 0.717) is 17.1 Å². The van der Waals surface area contributed by atoms with Crippen LogP contribution in [-0.4, -0.2) is 45.3 Å². The van der Waals surface area contributed by atoms with Gasteiger partial charge in [-0.25, -0.2) is 9.59 Å². The first-order valence-electron chi connectivity index (χ1n) is 9.11. The Labute approximate surface area is 174 Å². The van der Waals surface area contributed by atoms with Gasteiger partial charge in [-0.3, -0.25) is 4.79 Å². The van der Waals surface area contributed by atoms with E-state index in [0.717, 1.165) is 0 Å². The Balaban J connectivity index is 1.92. The van der Waals surface area contributed by atoms with Gasteiger partial charge in [0.05, 0.1) is 32.1 Å². The molecule has 8 heteroatoms. The molecule has 0 unspecified atom stereocenters. The third-order valence-electron chi connectivity index (χ3n) is 3.86. The molecule has 0 radical (unpaired) electrons. The van der Waals surface area contributed by atoms with Crippen LogP contribution in [0.5, 0.6) is 11.5 Å². The summed E-state index contributed by atoms with van der Waals surface area (Å²) in [6.07, 6.45) is 2.72. The van der Waals surface area contributed by atoms with E-state index in [1.54, 1.807) is 43.3 Å². The van der Waals surface area contributed by atoms with Gasteiger partial charge >= 0.3 is 11.9 Å². The summed E-state index contributed by atoms with van der Waals surface area (Å²) in [6.45, 7) is 1.39. The van der Waals surface area contributed by atoms with Gasteiger partial charge in [-0.05, 0) is 42.8 Å². The number of nitrogens with one attached hydrogen (secondary N) is 1. The second-order valence-electron chi connectivity index (χ2n) is 5.87. The maximum absolute atomic E-state index is 12.1. The largest absolute Gasteiger partial charge is 0.493 e. The number of para-hydroxylation sites is 1. The molecule has 8 nitrogen and oxygen atoms in total. The number of carbonyl (C=O) groups excluding carboxylic acids is 3. The van der Waals surface area contributed by atoms with Crippen LogP contribution in [0.3, 0.4) is 0 Å². The molecule has 2 aromatic rings. The maximum Gasteiger partial charge on any atom is 0.340 e. The van der Waals surface area contributed by atoms with Crippen LogP contribution in [0.2, 0.25) is 0 Å². The second kappa shape index (κ2) is 11.3. The number of ether oxygens (including phenoxy) is 4. The molecular formula is C22H23NO7. The van der Waals surface area contributed by atoms with Crippen LogP contribution in [-0.2, 0) is 19.1 Å². The SMILES string of the molecule is CCOC(=O)c1ccccc1NC(=O)COC(=O)C=Cc1ccc(OC)c(OC)c1. The highest BCUT2D eigenvalue weighted by Gasteiger charge is 2.14. The number of methoxy groups -OCH3 is 2. The number of anilines is 1. The van der Waals surface area contributed by atoms with Gasteiger partial charge in [0, 0.05) is 6.08 Å². The normalized spacial score (nSPS) is 10.4. The minimum Gasteiger partial charge on any atom is -0.493 e. The first-order valence-corrected chi connectivity index (χ1v) is 9.11. The van der Waals surface area contributed by atoms with Crippen LogP contribution < -0.4 is 14.8 Å². The summed E-state index contributed by atoms with van der Waals surface area (Å²) in [7, 11) is 3.04. The number of rotatable bonds is 9. The average molecular weight is 413 g/mol. The number of hydrogen-bond acceptors (Lipinski definition) is 7. The topological polar surface area (TPSA) is 100 Å². The lowest BCUT2D eigenvalue weighted by molar-refractivity contribution is -0.142. The van der Waals surface area contributed by atoms with E-state index < -0.39 is 24.5 Å². The van der Waals surface area contributed by atoms with Crippen LogP contribution in [0.15, 0.2) is 48.5 Å². The molecule has 0 saturated heterocycles. The van der Waals surface area contributed by atoms with E-state index in [4.69, 9.17) is 18.9 Å². The van der Waals surface area contributed by atoms with Crippen molar-refractivity contribution in [3.05, 3.63) is 59.7 Å². The third-order valence-corrected chi connectivity index (χ3v) is 3.86. The van der Waals surface area contributed by atoms with Crippen molar-refractivity contribution in [1.29, 1.82) is 0 Å². The van der Waals surface area contributed by atoms with Crippen molar-refractivity contribution in [3.8, 4) is 11.5 Å². The fourth-order valence-corrected chi connectivity index (χ4v) is 2.47. The quantitative estimate of drug-likeness (QED) is 0.498. The van der Waals surface area contributed by atoms with E-state index in [1.165, 1.54) is 32.4 Å². The standard InChI is InChI=1S/C22H23NO7/c1-4-29-22(26)16-7-5-6-8-17(16)23-20(24)14-30-21(25)12-10-15-9-11-18(27-2)19(13-15)28-3/h5-13H,4,14H2,1-3H3,(H,23,24). The van der Waals surface area contributed by atoms with Gasteiger partial charge in [-0.1, -0.05) is 18.2 Å². The van der Waals surface area contributed by atoms with Gasteiger partial charge in [0.25, 0.3) is 5.91 Å². The molecular weight excluding hydrogens is 390 g/mol. The summed E-state index contributed by atoms with van der Waals surface area (Å²) in [6, 6.07) is 11.6. The highest BCUT2D eigenvalue weighted by molar-refractivity contribution is 6.02. The monoisotopic (exact) mass is 413 g/mol. The van der Waals surface area contributed by atoms with Crippen molar-refractivity contribution in [2.24, 2.45) is 0 Å². The van der Waals surface area contributed by atoms with Gasteiger partial charge in [0.1, 0.15) is 0 Å². The molecule has 0 aliphatic rings. The summed E-state index contributed by atoms with van der Waals surface area (Å²) in [5.41, 5.74) is 1.18. The molecule has 0 heterocycles. The van der Waals surface area contributed by atoms with Gasteiger partial charge in [-0.2, -0.15) is 0 Å². The molecule has 30 heavy (non-hydrogen) atoms. The van der Waals surface area contributed by atoms with Gasteiger partial charge in [0.2, 0.25) is 0 Å². The Morgan fingerprint density at radius 3 is 2.40 bits per heavy atom. The van der Waals surface area contributed by atoms with Crippen molar-refractivity contribution in [2.45, 2.75) is 6.92 Å². The minimum absolute atomic E-state index is 0.213. The lowest BCUT2D eigenvalue weighted by atomic mass is 10.2. The number of benzene rings is 2. The summed E-state index contributed by atoms with van der Waals surface area (Å²) >= 11 is 0. The molecule has 0 spiro atoms. The molecule has 0 bridgehead atoms. The van der Waals surface area contributed by atoms with Crippen molar-refractivity contribution < 1.29 is 33.3 Å². The van der Waals surface area contributed by atoms with Crippen LogP contribution >= 0.6 is 0 Å². The van der Waals surface area contributed by atoms with Gasteiger partial charge in [-0.15, -0.1) is 0 Å². The van der Waals surface area contributed by atoms with E-state index in [2.05, 4.69) is 5.32 Å². The van der Waals surface area contributed by atoms with Gasteiger partial charge in [0.15, 0.2) is 18.1 Å². The molecule has 2 rings (SSSR count). The van der Waals surface area contributed by atoms with Crippen LogP contribution in [0.1, 0.15) is 22.8 Å². The molecule has 0 saturated carbocycles. The van der Waals surface area contributed by atoms with E-state index >= 15 is 0 Å². The zero-order valence-electron chi connectivity index (χ0n) is 17.0. The lowest BCUT2D eigenvalue weighted by Gasteiger charge is -2.10. The second-order valence-corrected chi connectivity index (χ2v) is 5.87. The van der Waals surface area contributed by atoms with Crippen molar-refractivity contribution in [2.75, 3.05) is 32.8 Å². The molecule has 0 aliphatic carbocycles. The fourth-order valence-electron chi connectivity index (χ4n) is 2.47. The Morgan fingerprint density at radius 1 is 0.967 bits per heavy atom. The molecule has 0 fully saturated rings. The Hall–Kier alpha value is -3.81. The molecule has 1 N–H and O–H groups in total. The smallest absolute Gasteiger partial charge is 0.340 e. The molecule has 1 amide bonds. The maximum atomic E-state index is 12.1. The van der Waals surface area contributed by atoms with Crippen molar-refractivity contribution >= 4 is 29.6 Å². The van der Waals surface area contributed by atoms with Crippen molar-refractivity contribution in [1.82, 2.24) is 0 Å². The van der Waals surface area contributed by atoms with Crippen LogP contribution in [0, 0.1) is 0 Å². The predicted molar refractivity (Wildman–Crippen MR) is 111 cm³/mol. The first kappa shape index (κ1) is 22.5. The minimum atomic E-state index is -0.696. The summed E-state index contributed by atoms with van der Waals surface area (Å²) in [5.74, 6) is -0.744. The predicted octanol–water partition coefficient (Wildman–Crippen LogP) is 3.08. The van der Waals surface area contributed by atoms with E-state index in [-0.39, 0.29) is 17.9 Å². The lowest BCUT2D eigenvalue weighted by Crippen LogP contribution is -2.21. The Bertz CT molecular complexity index is 937. The average Bonchev–Trinajstić information content (AvgIpc) is 2.76. The zero-order chi connectivity index (χ0) is 21.9. The summed E-state index contributed by atoms with van der Waals surface area (Å²) in [5, 5.41) is 2.54. The van der Waals surface area contributed by atoms with Crippen LogP contribution in [0.25, 0.3) is 6.08 Å². The summed E-state index contributed by atoms with van der Waals surface area (Å²) < 4.78 is 20.2. The van der Waals surface area contributed by atoms with Crippen LogP contribution in [0.4, 0.5) is 5.69 Å². The molecule has 0 aliphatic heterocycles. The fraction of sp³-hybridized carbons (Fsp3) is 0.227. The Kier molecular flexibility index (Phi) is 8.43. The number of carbonyl (C=O) groups is 3. The first-order chi connectivity index (χ1) is 14.5. The number of amides is 1. The third kappa shape index (κ3) is 6.37. The van der Waals surface area contributed by atoms with Crippen molar-refractivity contribution in [3.63, 3.8) is 0 Å². The number of esters is 2. The van der Waals surface area contributed by atoms with E-state index in [1.807, 2.05) is 0 Å². The molecule has 0 atom stereocenters. The van der Waals surface area contributed by atoms with E-state index in [9.17, 15) is 14.4 Å². The molecule has 0 aromatic heterocycles. The highest BCUT2D eigenvalue weighted by atomic mass is 16.5. The zero-order valence-corrected chi connectivity index (χ0v) is 17.0. The molecule has 158 valence electrons. The number of hydrogen-bond donors (Lipinski definition) is 1. The summed E-state index contributed by atoms with van der Waals surface area (Å²) in [4.78, 5) is 35.9. The Morgan fingerprint density at radius 2 is 1.70 bits per heavy atom.